The number of nitrogens with zero attached hydrogens (tertiary/aromatic N) is 3. The number of rotatable bonds is 6. The monoisotopic (exact) mass is 481 g/mol. The molecule has 31 heavy (non-hydrogen) atoms. The lowest BCUT2D eigenvalue weighted by Crippen LogP contribution is -2.19. The molecule has 166 valence electrons. The van der Waals surface area contributed by atoms with E-state index in [1.165, 1.54) is 19.2 Å². The largest absolute Gasteiger partial charge is 0.418 e. The molecule has 0 spiro atoms. The molecule has 0 heterocycles. The Hall–Kier alpha value is -2.52. The second kappa shape index (κ2) is 9.74. The third-order valence-electron chi connectivity index (χ3n) is 4.03. The Labute approximate surface area is 184 Å². The van der Waals surface area contributed by atoms with Crippen molar-refractivity contribution in [1.82, 2.24) is 0 Å². The molecular formula is C20H15Cl2F6N3. The minimum absolute atomic E-state index is 0.00321. The number of hydrogen-bond acceptors (Lipinski definition) is 2. The van der Waals surface area contributed by atoms with Crippen LogP contribution in [0.3, 0.4) is 0 Å². The van der Waals surface area contributed by atoms with Crippen LogP contribution in [0, 0.1) is 0 Å². The van der Waals surface area contributed by atoms with Crippen molar-refractivity contribution in [2.75, 3.05) is 12.1 Å². The molecule has 0 aliphatic heterocycles. The summed E-state index contributed by atoms with van der Waals surface area (Å²) in [4.78, 5) is 3.60. The molecule has 0 amide bonds. The van der Waals surface area contributed by atoms with Gasteiger partial charge in [0.05, 0.1) is 17.2 Å². The van der Waals surface area contributed by atoms with Crippen LogP contribution in [0.2, 0.25) is 10.0 Å². The summed E-state index contributed by atoms with van der Waals surface area (Å²) in [5.41, 5.74) is -1.83. The van der Waals surface area contributed by atoms with E-state index in [4.69, 9.17) is 23.2 Å². The minimum Gasteiger partial charge on any atom is -0.277 e. The topological polar surface area (TPSA) is 28.0 Å². The summed E-state index contributed by atoms with van der Waals surface area (Å²) in [6.07, 6.45) is -6.80. The van der Waals surface area contributed by atoms with Crippen LogP contribution >= 0.6 is 23.2 Å². The zero-order valence-electron chi connectivity index (χ0n) is 15.8. The summed E-state index contributed by atoms with van der Waals surface area (Å²) in [5.74, 6) is -2.13. The van der Waals surface area contributed by atoms with E-state index in [0.717, 1.165) is 41.7 Å². The average Bonchev–Trinajstić information content (AvgIpc) is 2.64. The molecule has 0 aliphatic carbocycles. The van der Waals surface area contributed by atoms with Gasteiger partial charge in [-0.1, -0.05) is 41.4 Å². The summed E-state index contributed by atoms with van der Waals surface area (Å²) in [6, 6.07) is 6.47. The molecule has 11 heteroatoms. The normalized spacial score (nSPS) is 13.7. The van der Waals surface area contributed by atoms with Crippen molar-refractivity contribution in [1.29, 1.82) is 0 Å². The lowest BCUT2D eigenvalue weighted by Gasteiger charge is -2.20. The van der Waals surface area contributed by atoms with Crippen molar-refractivity contribution in [3.05, 3.63) is 69.2 Å². The fraction of sp³-hybridized carbons (Fsp3) is 0.200. The minimum atomic E-state index is -4.80. The summed E-state index contributed by atoms with van der Waals surface area (Å²) < 4.78 is 81.4. The fourth-order valence-corrected chi connectivity index (χ4v) is 3.28. The molecule has 2 aromatic carbocycles. The van der Waals surface area contributed by atoms with Crippen molar-refractivity contribution in [3.63, 3.8) is 0 Å². The molecule has 0 saturated heterocycles. The Balaban J connectivity index is 2.53. The maximum absolute atomic E-state index is 13.6. The first-order chi connectivity index (χ1) is 14.4. The average molecular weight is 482 g/mol. The molecule has 2 aromatic rings. The van der Waals surface area contributed by atoms with E-state index in [9.17, 15) is 26.3 Å². The Bertz CT molecular complexity index is 979. The zero-order chi connectivity index (χ0) is 23.4. The lowest BCUT2D eigenvalue weighted by atomic mass is 9.96. The standard InChI is InChI=1S/C20H15Cl2F6N3/c1-29-11-31(30-2)18-6-4-12(7-17(18)20(26,27)28)3-5-16(19(23,24)25)13-8-14(21)10-15(22)9-13/h3-11,16H,2H2,1H3/b5-3+,29-11?. The first-order valence-corrected chi connectivity index (χ1v) is 9.22. The quantitative estimate of drug-likeness (QED) is 0.182. The molecule has 0 N–H and O–H groups in total. The van der Waals surface area contributed by atoms with Gasteiger partial charge in [-0.15, -0.1) is 0 Å². The Kier molecular flexibility index (Phi) is 7.77. The van der Waals surface area contributed by atoms with Gasteiger partial charge in [-0.05, 0) is 41.5 Å². The van der Waals surface area contributed by atoms with Crippen LogP contribution < -0.4 is 5.01 Å². The first kappa shape index (κ1) is 24.7. The zero-order valence-corrected chi connectivity index (χ0v) is 17.4. The van der Waals surface area contributed by atoms with Gasteiger partial charge in [0, 0.05) is 23.8 Å². The van der Waals surface area contributed by atoms with E-state index in [-0.39, 0.29) is 26.9 Å². The van der Waals surface area contributed by atoms with Gasteiger partial charge >= 0.3 is 12.4 Å². The lowest BCUT2D eigenvalue weighted by molar-refractivity contribution is -0.139. The van der Waals surface area contributed by atoms with Crippen LogP contribution in [0.1, 0.15) is 22.6 Å². The molecule has 3 nitrogen and oxygen atoms in total. The van der Waals surface area contributed by atoms with Gasteiger partial charge in [-0.3, -0.25) is 4.99 Å². The smallest absolute Gasteiger partial charge is 0.277 e. The van der Waals surface area contributed by atoms with Crippen molar-refractivity contribution in [2.45, 2.75) is 18.3 Å². The number of hydrogen-bond donors (Lipinski definition) is 0. The van der Waals surface area contributed by atoms with Gasteiger partial charge in [0.25, 0.3) is 0 Å². The van der Waals surface area contributed by atoms with Gasteiger partial charge in [0.15, 0.2) is 0 Å². The number of allylic oxidation sites excluding steroid dienone is 1. The molecule has 0 aliphatic rings. The molecule has 0 fully saturated rings. The number of hydrazone groups is 1. The van der Waals surface area contributed by atoms with Crippen LogP contribution in [-0.2, 0) is 6.18 Å². The van der Waals surface area contributed by atoms with Crippen molar-refractivity contribution in [2.24, 2.45) is 10.1 Å². The van der Waals surface area contributed by atoms with Gasteiger partial charge in [-0.2, -0.15) is 31.4 Å². The summed E-state index contributed by atoms with van der Waals surface area (Å²) >= 11 is 11.6. The van der Waals surface area contributed by atoms with Crippen LogP contribution in [0.15, 0.2) is 52.6 Å². The van der Waals surface area contributed by atoms with Gasteiger partial charge < -0.3 is 0 Å². The first-order valence-electron chi connectivity index (χ1n) is 8.47. The second-order valence-electron chi connectivity index (χ2n) is 6.22. The van der Waals surface area contributed by atoms with Crippen LogP contribution in [0.5, 0.6) is 0 Å². The predicted molar refractivity (Wildman–Crippen MR) is 112 cm³/mol. The molecule has 0 aromatic heterocycles. The SMILES string of the molecule is C=NN(C=NC)c1ccc(/C=C/C(c2cc(Cl)cc(Cl)c2)C(F)(F)F)cc1C(F)(F)F. The Morgan fingerprint density at radius 3 is 2.10 bits per heavy atom. The van der Waals surface area contributed by atoms with Crippen molar-refractivity contribution >= 4 is 48.0 Å². The van der Waals surface area contributed by atoms with Crippen molar-refractivity contribution in [3.8, 4) is 0 Å². The van der Waals surface area contributed by atoms with E-state index >= 15 is 0 Å². The van der Waals surface area contributed by atoms with E-state index < -0.39 is 23.8 Å². The fourth-order valence-electron chi connectivity index (χ4n) is 2.74. The highest BCUT2D eigenvalue weighted by molar-refractivity contribution is 6.34. The van der Waals surface area contributed by atoms with E-state index in [1.807, 2.05) is 0 Å². The maximum Gasteiger partial charge on any atom is 0.418 e. The summed E-state index contributed by atoms with van der Waals surface area (Å²) in [6.45, 7) is 3.19. The number of benzene rings is 2. The summed E-state index contributed by atoms with van der Waals surface area (Å²) in [5, 5.41) is 4.27. The number of alkyl halides is 6. The second-order valence-corrected chi connectivity index (χ2v) is 7.09. The van der Waals surface area contributed by atoms with Gasteiger partial charge in [-0.25, -0.2) is 5.01 Å². The number of anilines is 1. The van der Waals surface area contributed by atoms with E-state index in [2.05, 4.69) is 16.8 Å². The highest BCUT2D eigenvalue weighted by Gasteiger charge is 2.39. The Morgan fingerprint density at radius 1 is 1.00 bits per heavy atom. The van der Waals surface area contributed by atoms with Gasteiger partial charge in [0.2, 0.25) is 0 Å². The highest BCUT2D eigenvalue weighted by Crippen LogP contribution is 2.40. The third-order valence-corrected chi connectivity index (χ3v) is 4.46. The maximum atomic E-state index is 13.6. The molecule has 0 bridgehead atoms. The van der Waals surface area contributed by atoms with Crippen LogP contribution in [0.25, 0.3) is 6.08 Å². The molecule has 1 unspecified atom stereocenters. The molecule has 2 rings (SSSR count). The third kappa shape index (κ3) is 6.48. The predicted octanol–water partition coefficient (Wildman–Crippen LogP) is 7.45. The van der Waals surface area contributed by atoms with Crippen LogP contribution in [0.4, 0.5) is 32.0 Å². The highest BCUT2D eigenvalue weighted by atomic mass is 35.5. The molecule has 0 radical (unpaired) electrons. The summed E-state index contributed by atoms with van der Waals surface area (Å²) in [7, 11) is 1.34. The number of aliphatic imine (C=N–C) groups is 1. The van der Waals surface area contributed by atoms with E-state index in [1.54, 1.807) is 0 Å². The molecule has 0 saturated carbocycles. The molecular weight excluding hydrogens is 467 g/mol. The number of halogens is 8. The molecule has 1 atom stereocenters. The van der Waals surface area contributed by atoms with Crippen molar-refractivity contribution < 1.29 is 26.3 Å². The van der Waals surface area contributed by atoms with Crippen LogP contribution in [-0.4, -0.2) is 26.3 Å². The van der Waals surface area contributed by atoms with E-state index in [0.29, 0.717) is 6.07 Å². The Morgan fingerprint density at radius 2 is 1.61 bits per heavy atom. The van der Waals surface area contributed by atoms with Gasteiger partial charge in [0.1, 0.15) is 6.34 Å².